The normalized spacial score (nSPS) is 38.0. The molecule has 54 valence electrons. The van der Waals surface area contributed by atoms with Gasteiger partial charge in [-0.05, 0) is 25.2 Å². The van der Waals surface area contributed by atoms with Crippen LogP contribution < -0.4 is 0 Å². The highest BCUT2D eigenvalue weighted by Gasteiger charge is 2.14. The van der Waals surface area contributed by atoms with Gasteiger partial charge in [0.2, 0.25) is 0 Å². The Morgan fingerprint density at radius 1 is 1.11 bits per heavy atom. The molecule has 0 radical (unpaired) electrons. The van der Waals surface area contributed by atoms with Crippen molar-refractivity contribution in [2.45, 2.75) is 45.2 Å². The Balaban J connectivity index is 2.25. The Bertz CT molecular complexity index is 70.6. The number of alkyl halides is 1. The average Bonchev–Trinajstić information content (AvgIpc) is 1.97. The number of hydrogen-bond acceptors (Lipinski definition) is 0. The quantitative estimate of drug-likeness (QED) is 0.442. The fourth-order valence-corrected chi connectivity index (χ4v) is 1.44. The van der Waals surface area contributed by atoms with Gasteiger partial charge in [-0.1, -0.05) is 19.8 Å². The highest BCUT2D eigenvalue weighted by molar-refractivity contribution is 4.66. The summed E-state index contributed by atoms with van der Waals surface area (Å²) in [5.74, 6) is 0.769. The van der Waals surface area contributed by atoms with Crippen LogP contribution in [0.3, 0.4) is 0 Å². The molecule has 1 saturated carbocycles. The van der Waals surface area contributed by atoms with Crippen molar-refractivity contribution in [3.05, 3.63) is 0 Å². The minimum absolute atomic E-state index is 0.491. The van der Waals surface area contributed by atoms with E-state index in [4.69, 9.17) is 0 Å². The maximum absolute atomic E-state index is 12.6. The van der Waals surface area contributed by atoms with Gasteiger partial charge in [-0.3, -0.25) is 0 Å². The molecule has 0 aromatic rings. The molecule has 0 saturated heterocycles. The average molecular weight is 130 g/mol. The molecule has 1 rings (SSSR count). The lowest BCUT2D eigenvalue weighted by Gasteiger charge is -2.03. The van der Waals surface area contributed by atoms with Crippen LogP contribution in [0.25, 0.3) is 0 Å². The molecule has 0 N–H and O–H groups in total. The van der Waals surface area contributed by atoms with Crippen LogP contribution in [0.2, 0.25) is 0 Å². The molecule has 0 aromatic heterocycles. The summed E-state index contributed by atoms with van der Waals surface area (Å²) >= 11 is 0. The Hall–Kier alpha value is -0.0700. The van der Waals surface area contributed by atoms with Crippen LogP contribution in [0, 0.1) is 5.92 Å². The van der Waals surface area contributed by atoms with Crippen molar-refractivity contribution >= 4 is 0 Å². The number of hydrogen-bond donors (Lipinski definition) is 0. The minimum Gasteiger partial charge on any atom is -0.247 e. The third kappa shape index (κ3) is 2.33. The Kier molecular flexibility index (Phi) is 2.49. The van der Waals surface area contributed by atoms with Crippen LogP contribution in [0.15, 0.2) is 0 Å². The molecule has 0 bridgehead atoms. The van der Waals surface area contributed by atoms with E-state index in [9.17, 15) is 4.39 Å². The summed E-state index contributed by atoms with van der Waals surface area (Å²) in [6, 6.07) is 0. The van der Waals surface area contributed by atoms with Gasteiger partial charge in [0, 0.05) is 0 Å². The van der Waals surface area contributed by atoms with Crippen molar-refractivity contribution in [1.82, 2.24) is 0 Å². The van der Waals surface area contributed by atoms with Crippen LogP contribution >= 0.6 is 0 Å². The molecule has 2 atom stereocenters. The molecule has 9 heavy (non-hydrogen) atoms. The predicted molar refractivity (Wildman–Crippen MR) is 37.1 cm³/mol. The topological polar surface area (TPSA) is 0 Å². The summed E-state index contributed by atoms with van der Waals surface area (Å²) in [6.07, 6.45) is 4.56. The molecule has 0 unspecified atom stereocenters. The Morgan fingerprint density at radius 2 is 1.89 bits per heavy atom. The number of rotatable bonds is 0. The van der Waals surface area contributed by atoms with E-state index in [0.717, 1.165) is 31.6 Å². The van der Waals surface area contributed by atoms with Gasteiger partial charge in [0.25, 0.3) is 0 Å². The lowest BCUT2D eigenvalue weighted by Crippen LogP contribution is -1.96. The van der Waals surface area contributed by atoms with Crippen LogP contribution in [0.4, 0.5) is 4.39 Å². The second kappa shape index (κ2) is 3.19. The molecule has 1 heteroatoms. The summed E-state index contributed by atoms with van der Waals surface area (Å²) in [5.41, 5.74) is 0. The van der Waals surface area contributed by atoms with Gasteiger partial charge in [-0.25, -0.2) is 4.39 Å². The van der Waals surface area contributed by atoms with Gasteiger partial charge in [-0.15, -0.1) is 0 Å². The van der Waals surface area contributed by atoms with E-state index in [1.807, 2.05) is 0 Å². The zero-order valence-electron chi connectivity index (χ0n) is 6.07. The monoisotopic (exact) mass is 130 g/mol. The third-order valence-electron chi connectivity index (χ3n) is 2.19. The van der Waals surface area contributed by atoms with E-state index in [-0.39, 0.29) is 0 Å². The fourth-order valence-electron chi connectivity index (χ4n) is 1.44. The zero-order valence-corrected chi connectivity index (χ0v) is 6.07. The van der Waals surface area contributed by atoms with Crippen LogP contribution in [0.5, 0.6) is 0 Å². The van der Waals surface area contributed by atoms with Gasteiger partial charge in [0.15, 0.2) is 0 Å². The van der Waals surface area contributed by atoms with E-state index in [1.54, 1.807) is 0 Å². The van der Waals surface area contributed by atoms with E-state index in [1.165, 1.54) is 6.42 Å². The first-order valence-electron chi connectivity index (χ1n) is 3.93. The lowest BCUT2D eigenvalue weighted by atomic mass is 10.0. The molecule has 0 aliphatic heterocycles. The van der Waals surface area contributed by atoms with Gasteiger partial charge in [0.05, 0.1) is 0 Å². The molecule has 0 heterocycles. The van der Waals surface area contributed by atoms with E-state index >= 15 is 0 Å². The summed E-state index contributed by atoms with van der Waals surface area (Å²) < 4.78 is 12.6. The Morgan fingerprint density at radius 3 is 2.67 bits per heavy atom. The van der Waals surface area contributed by atoms with Crippen molar-refractivity contribution in [3.63, 3.8) is 0 Å². The van der Waals surface area contributed by atoms with Gasteiger partial charge < -0.3 is 0 Å². The van der Waals surface area contributed by atoms with Crippen molar-refractivity contribution in [2.24, 2.45) is 5.92 Å². The molecule has 0 spiro atoms. The zero-order chi connectivity index (χ0) is 6.69. The summed E-state index contributed by atoms with van der Waals surface area (Å²) in [5, 5.41) is 0. The molecular weight excluding hydrogens is 115 g/mol. The molecule has 1 aliphatic rings. The summed E-state index contributed by atoms with van der Waals surface area (Å²) in [4.78, 5) is 0. The smallest absolute Gasteiger partial charge is 0.100 e. The van der Waals surface area contributed by atoms with Crippen molar-refractivity contribution < 1.29 is 4.39 Å². The minimum atomic E-state index is -0.491. The Labute approximate surface area is 56.5 Å². The first kappa shape index (κ1) is 7.04. The molecule has 1 aliphatic carbocycles. The lowest BCUT2D eigenvalue weighted by molar-refractivity contribution is 0.298. The first-order chi connectivity index (χ1) is 4.29. The summed E-state index contributed by atoms with van der Waals surface area (Å²) in [6.45, 7) is 2.22. The van der Waals surface area contributed by atoms with E-state index in [2.05, 4.69) is 6.92 Å². The SMILES string of the molecule is C[C@@H]1CCC[C@H](F)CC1. The predicted octanol–water partition coefficient (Wildman–Crippen LogP) is 2.92. The highest BCUT2D eigenvalue weighted by Crippen LogP contribution is 2.23. The van der Waals surface area contributed by atoms with E-state index in [0.29, 0.717) is 0 Å². The molecule has 0 nitrogen and oxygen atoms in total. The first-order valence-corrected chi connectivity index (χ1v) is 3.93. The van der Waals surface area contributed by atoms with Gasteiger partial charge in [-0.2, -0.15) is 0 Å². The van der Waals surface area contributed by atoms with Gasteiger partial charge >= 0.3 is 0 Å². The standard InChI is InChI=1S/C8H15F/c1-7-3-2-4-8(9)6-5-7/h7-8H,2-6H2,1H3/t7-,8+/m1/s1. The maximum Gasteiger partial charge on any atom is 0.100 e. The second-order valence-corrected chi connectivity index (χ2v) is 3.21. The second-order valence-electron chi connectivity index (χ2n) is 3.21. The fraction of sp³-hybridized carbons (Fsp3) is 1.00. The van der Waals surface area contributed by atoms with Crippen LogP contribution in [-0.2, 0) is 0 Å². The maximum atomic E-state index is 12.6. The van der Waals surface area contributed by atoms with Crippen molar-refractivity contribution in [2.75, 3.05) is 0 Å². The third-order valence-corrected chi connectivity index (χ3v) is 2.19. The van der Waals surface area contributed by atoms with Crippen LogP contribution in [0.1, 0.15) is 39.0 Å². The van der Waals surface area contributed by atoms with E-state index < -0.39 is 6.17 Å². The highest BCUT2D eigenvalue weighted by atomic mass is 19.1. The largest absolute Gasteiger partial charge is 0.247 e. The molecular formula is C8H15F. The molecule has 1 fully saturated rings. The molecule has 0 amide bonds. The van der Waals surface area contributed by atoms with Crippen molar-refractivity contribution in [1.29, 1.82) is 0 Å². The summed E-state index contributed by atoms with van der Waals surface area (Å²) in [7, 11) is 0. The molecule has 0 aromatic carbocycles. The van der Waals surface area contributed by atoms with Gasteiger partial charge in [0.1, 0.15) is 6.17 Å². The van der Waals surface area contributed by atoms with Crippen molar-refractivity contribution in [3.8, 4) is 0 Å². The number of halogens is 1. The van der Waals surface area contributed by atoms with Crippen LogP contribution in [-0.4, -0.2) is 6.17 Å².